The molecule has 0 saturated heterocycles. The van der Waals surface area contributed by atoms with Gasteiger partial charge in [-0.25, -0.2) is 0 Å². The van der Waals surface area contributed by atoms with E-state index in [1.54, 1.807) is 12.0 Å². The highest BCUT2D eigenvalue weighted by Crippen LogP contribution is 2.26. The average Bonchev–Trinajstić information content (AvgIpc) is 2.57. The van der Waals surface area contributed by atoms with E-state index in [0.717, 1.165) is 30.0 Å². The second-order valence-electron chi connectivity index (χ2n) is 5.91. The minimum Gasteiger partial charge on any atom is -0.383 e. The SMILES string of the molecule is CCN(CC)c1ccc(N(CCC(=O)NCCOC)C(C)=O)c(C)c1. The van der Waals surface area contributed by atoms with E-state index in [1.165, 1.54) is 6.92 Å². The summed E-state index contributed by atoms with van der Waals surface area (Å²) in [5, 5.41) is 2.77. The number of benzene rings is 1. The van der Waals surface area contributed by atoms with E-state index in [2.05, 4.69) is 30.1 Å². The van der Waals surface area contributed by atoms with Gasteiger partial charge in [-0.3, -0.25) is 9.59 Å². The molecular formula is C19H31N3O3. The van der Waals surface area contributed by atoms with Crippen LogP contribution in [0.3, 0.4) is 0 Å². The first kappa shape index (κ1) is 21.0. The van der Waals surface area contributed by atoms with Gasteiger partial charge in [-0.2, -0.15) is 0 Å². The molecule has 0 saturated carbocycles. The van der Waals surface area contributed by atoms with Crippen molar-refractivity contribution in [2.75, 3.05) is 49.7 Å². The lowest BCUT2D eigenvalue weighted by Gasteiger charge is -2.26. The van der Waals surface area contributed by atoms with Gasteiger partial charge >= 0.3 is 0 Å². The van der Waals surface area contributed by atoms with E-state index < -0.39 is 0 Å². The van der Waals surface area contributed by atoms with Crippen LogP contribution in [0, 0.1) is 6.92 Å². The van der Waals surface area contributed by atoms with Crippen molar-refractivity contribution >= 4 is 23.2 Å². The summed E-state index contributed by atoms with van der Waals surface area (Å²) in [7, 11) is 1.59. The van der Waals surface area contributed by atoms with Gasteiger partial charge < -0.3 is 19.9 Å². The van der Waals surface area contributed by atoms with Crippen LogP contribution in [0.25, 0.3) is 0 Å². The Balaban J connectivity index is 2.82. The summed E-state index contributed by atoms with van der Waals surface area (Å²) in [5.74, 6) is -0.149. The Morgan fingerprint density at radius 3 is 2.40 bits per heavy atom. The van der Waals surface area contributed by atoms with Gasteiger partial charge in [0.25, 0.3) is 0 Å². The summed E-state index contributed by atoms with van der Waals surface area (Å²) in [6.07, 6.45) is 0.264. The fourth-order valence-electron chi connectivity index (χ4n) is 2.77. The molecule has 0 heterocycles. The van der Waals surface area contributed by atoms with Crippen LogP contribution < -0.4 is 15.1 Å². The van der Waals surface area contributed by atoms with Crippen LogP contribution in [0.15, 0.2) is 18.2 Å². The molecule has 1 aromatic rings. The molecule has 0 unspecified atom stereocenters. The fourth-order valence-corrected chi connectivity index (χ4v) is 2.77. The summed E-state index contributed by atoms with van der Waals surface area (Å²) in [6, 6.07) is 6.09. The van der Waals surface area contributed by atoms with E-state index in [1.807, 2.05) is 19.1 Å². The van der Waals surface area contributed by atoms with Gasteiger partial charge in [0.1, 0.15) is 0 Å². The molecule has 0 aromatic heterocycles. The molecule has 1 N–H and O–H groups in total. The zero-order valence-corrected chi connectivity index (χ0v) is 16.1. The Bertz CT molecular complexity index is 571. The van der Waals surface area contributed by atoms with Crippen LogP contribution in [-0.2, 0) is 14.3 Å². The Kier molecular flexibility index (Phi) is 8.99. The fraction of sp³-hybridized carbons (Fsp3) is 0.579. The lowest BCUT2D eigenvalue weighted by Crippen LogP contribution is -2.35. The van der Waals surface area contributed by atoms with E-state index in [-0.39, 0.29) is 18.2 Å². The van der Waals surface area contributed by atoms with E-state index in [4.69, 9.17) is 4.74 Å². The number of nitrogens with zero attached hydrogens (tertiary/aromatic N) is 2. The molecule has 0 aliphatic rings. The van der Waals surface area contributed by atoms with Crippen molar-refractivity contribution in [1.82, 2.24) is 5.32 Å². The number of rotatable bonds is 10. The number of anilines is 2. The van der Waals surface area contributed by atoms with Crippen LogP contribution in [0.1, 0.15) is 32.8 Å². The first-order valence-corrected chi connectivity index (χ1v) is 8.83. The van der Waals surface area contributed by atoms with Gasteiger partial charge in [-0.05, 0) is 44.5 Å². The maximum atomic E-state index is 12.1. The summed E-state index contributed by atoms with van der Waals surface area (Å²) < 4.78 is 4.91. The van der Waals surface area contributed by atoms with Crippen molar-refractivity contribution in [2.45, 2.75) is 34.1 Å². The van der Waals surface area contributed by atoms with Crippen molar-refractivity contribution < 1.29 is 14.3 Å². The van der Waals surface area contributed by atoms with Gasteiger partial charge in [-0.15, -0.1) is 0 Å². The third-order valence-electron chi connectivity index (χ3n) is 4.17. The number of aryl methyl sites for hydroxylation is 1. The predicted octanol–water partition coefficient (Wildman–Crippen LogP) is 2.35. The molecule has 0 fully saturated rings. The van der Waals surface area contributed by atoms with Crippen molar-refractivity contribution in [3.63, 3.8) is 0 Å². The largest absolute Gasteiger partial charge is 0.383 e. The minimum atomic E-state index is -0.0827. The van der Waals surface area contributed by atoms with Crippen LogP contribution in [0.4, 0.5) is 11.4 Å². The number of carbonyl (C=O) groups excluding carboxylic acids is 2. The van der Waals surface area contributed by atoms with Crippen LogP contribution in [-0.4, -0.2) is 51.7 Å². The number of hydrogen-bond acceptors (Lipinski definition) is 4. The number of hydrogen-bond donors (Lipinski definition) is 1. The summed E-state index contributed by atoms with van der Waals surface area (Å²) in [4.78, 5) is 27.9. The van der Waals surface area contributed by atoms with Crippen molar-refractivity contribution in [3.8, 4) is 0 Å². The molecule has 1 rings (SSSR count). The van der Waals surface area contributed by atoms with Gasteiger partial charge in [0, 0.05) is 58.0 Å². The number of amides is 2. The molecule has 140 valence electrons. The molecule has 6 heteroatoms. The zero-order valence-electron chi connectivity index (χ0n) is 16.1. The first-order chi connectivity index (χ1) is 11.9. The summed E-state index contributed by atoms with van der Waals surface area (Å²) in [5.41, 5.74) is 3.03. The van der Waals surface area contributed by atoms with E-state index in [9.17, 15) is 9.59 Å². The lowest BCUT2D eigenvalue weighted by atomic mass is 10.1. The third kappa shape index (κ3) is 6.38. The highest BCUT2D eigenvalue weighted by molar-refractivity contribution is 5.93. The summed E-state index contributed by atoms with van der Waals surface area (Å²) >= 11 is 0. The number of methoxy groups -OCH3 is 1. The second-order valence-corrected chi connectivity index (χ2v) is 5.91. The molecule has 2 amide bonds. The number of carbonyl (C=O) groups is 2. The molecule has 0 bridgehead atoms. The topological polar surface area (TPSA) is 61.9 Å². The van der Waals surface area contributed by atoms with Gasteiger partial charge in [0.15, 0.2) is 0 Å². The monoisotopic (exact) mass is 349 g/mol. The predicted molar refractivity (Wildman–Crippen MR) is 102 cm³/mol. The van der Waals surface area contributed by atoms with Crippen molar-refractivity contribution in [1.29, 1.82) is 0 Å². The minimum absolute atomic E-state index is 0.0663. The second kappa shape index (κ2) is 10.7. The van der Waals surface area contributed by atoms with Crippen molar-refractivity contribution in [2.24, 2.45) is 0 Å². The van der Waals surface area contributed by atoms with Gasteiger partial charge in [-0.1, -0.05) is 0 Å². The normalized spacial score (nSPS) is 10.4. The summed E-state index contributed by atoms with van der Waals surface area (Å²) in [6.45, 7) is 11.0. The Labute approximate surface area is 151 Å². The molecule has 0 aliphatic carbocycles. The molecule has 25 heavy (non-hydrogen) atoms. The molecule has 0 aliphatic heterocycles. The lowest BCUT2D eigenvalue weighted by molar-refractivity contribution is -0.121. The number of nitrogens with one attached hydrogen (secondary N) is 1. The maximum absolute atomic E-state index is 12.1. The molecule has 0 spiro atoms. The van der Waals surface area contributed by atoms with Gasteiger partial charge in [0.2, 0.25) is 11.8 Å². The van der Waals surface area contributed by atoms with Crippen LogP contribution >= 0.6 is 0 Å². The average molecular weight is 349 g/mol. The molecule has 0 atom stereocenters. The zero-order chi connectivity index (χ0) is 18.8. The standard InChI is InChI=1S/C19H31N3O3/c1-6-21(7-2)17-8-9-18(15(3)14-17)22(16(4)23)12-10-19(24)20-11-13-25-5/h8-9,14H,6-7,10-13H2,1-5H3,(H,20,24). The van der Waals surface area contributed by atoms with Crippen LogP contribution in [0.5, 0.6) is 0 Å². The first-order valence-electron chi connectivity index (χ1n) is 8.83. The van der Waals surface area contributed by atoms with E-state index >= 15 is 0 Å². The molecule has 1 aromatic carbocycles. The highest BCUT2D eigenvalue weighted by Gasteiger charge is 2.16. The smallest absolute Gasteiger partial charge is 0.223 e. The van der Waals surface area contributed by atoms with Gasteiger partial charge in [0.05, 0.1) is 6.61 Å². The number of ether oxygens (including phenoxy) is 1. The Morgan fingerprint density at radius 2 is 1.88 bits per heavy atom. The highest BCUT2D eigenvalue weighted by atomic mass is 16.5. The van der Waals surface area contributed by atoms with E-state index in [0.29, 0.717) is 19.7 Å². The maximum Gasteiger partial charge on any atom is 0.223 e. The van der Waals surface area contributed by atoms with Crippen LogP contribution in [0.2, 0.25) is 0 Å². The Hall–Kier alpha value is -2.08. The molecule has 6 nitrogen and oxygen atoms in total. The quantitative estimate of drug-likeness (QED) is 0.659. The molecule has 0 radical (unpaired) electrons. The third-order valence-corrected chi connectivity index (χ3v) is 4.17. The molecular weight excluding hydrogens is 318 g/mol. The Morgan fingerprint density at radius 1 is 1.20 bits per heavy atom. The van der Waals surface area contributed by atoms with Crippen molar-refractivity contribution in [3.05, 3.63) is 23.8 Å².